The van der Waals surface area contributed by atoms with Crippen LogP contribution in [0, 0.1) is 11.8 Å². The van der Waals surface area contributed by atoms with Gasteiger partial charge in [-0.2, -0.15) is 4.31 Å². The van der Waals surface area contributed by atoms with Crippen LogP contribution in [0.3, 0.4) is 0 Å². The summed E-state index contributed by atoms with van der Waals surface area (Å²) in [6.45, 7) is 1.02. The normalized spacial score (nSPS) is 22.1. The molecule has 1 saturated heterocycles. The van der Waals surface area contributed by atoms with Crippen LogP contribution in [-0.4, -0.2) is 25.8 Å². The Morgan fingerprint density at radius 2 is 1.67 bits per heavy atom. The second-order valence-electron chi connectivity index (χ2n) is 7.11. The third kappa shape index (κ3) is 3.56. The number of fused-ring (bicyclic) bond motifs is 1. The summed E-state index contributed by atoms with van der Waals surface area (Å²) in [5.41, 5.74) is 0. The van der Waals surface area contributed by atoms with Crippen molar-refractivity contribution < 1.29 is 8.42 Å². The number of halogens is 2. The Morgan fingerprint density at radius 1 is 0.963 bits per heavy atom. The second-order valence-corrected chi connectivity index (χ2v) is 9.86. The van der Waals surface area contributed by atoms with Crippen molar-refractivity contribution in [2.75, 3.05) is 13.1 Å². The molecular weight excluding hydrogens is 401 g/mol. The summed E-state index contributed by atoms with van der Waals surface area (Å²) in [4.78, 5) is 0.330. The Kier molecular flexibility index (Phi) is 5.34. The van der Waals surface area contributed by atoms with Crippen LogP contribution < -0.4 is 0 Å². The molecule has 1 aliphatic carbocycles. The Labute approximate surface area is 170 Å². The maximum Gasteiger partial charge on any atom is 0.243 e. The lowest BCUT2D eigenvalue weighted by atomic mass is 9.82. The van der Waals surface area contributed by atoms with Gasteiger partial charge in [0.05, 0.1) is 4.90 Å². The van der Waals surface area contributed by atoms with Gasteiger partial charge in [-0.3, -0.25) is 0 Å². The minimum atomic E-state index is -3.56. The molecule has 0 saturated carbocycles. The van der Waals surface area contributed by atoms with E-state index in [9.17, 15) is 8.42 Å². The second kappa shape index (κ2) is 7.59. The van der Waals surface area contributed by atoms with Crippen molar-refractivity contribution in [3.63, 3.8) is 0 Å². The van der Waals surface area contributed by atoms with E-state index in [1.807, 2.05) is 12.1 Å². The summed E-state index contributed by atoms with van der Waals surface area (Å²) in [7, 11) is -3.56. The number of piperidine rings is 1. The van der Waals surface area contributed by atoms with Crippen LogP contribution in [0.15, 0.2) is 64.6 Å². The lowest BCUT2D eigenvalue weighted by Gasteiger charge is -2.35. The largest absolute Gasteiger partial charge is 0.243 e. The summed E-state index contributed by atoms with van der Waals surface area (Å²) in [6, 6.07) is 10.7. The maximum atomic E-state index is 13.3. The molecule has 0 spiro atoms. The summed E-state index contributed by atoms with van der Waals surface area (Å²) in [5, 5.41) is 2.89. The maximum absolute atomic E-state index is 13.3. The van der Waals surface area contributed by atoms with E-state index in [1.54, 1.807) is 28.6 Å². The molecule has 0 amide bonds. The fraction of sp³-hybridized carbons (Fsp3) is 0.333. The van der Waals surface area contributed by atoms with E-state index in [0.717, 1.165) is 29.7 Å². The van der Waals surface area contributed by atoms with Crippen LogP contribution in [0.2, 0.25) is 5.02 Å². The van der Waals surface area contributed by atoms with Crippen LogP contribution in [0.5, 0.6) is 0 Å². The average Bonchev–Trinajstić information content (AvgIpc) is 2.68. The van der Waals surface area contributed by atoms with Gasteiger partial charge in [-0.15, -0.1) is 0 Å². The molecular formula is C21H21Cl2NO2S. The third-order valence-electron chi connectivity index (χ3n) is 5.56. The summed E-state index contributed by atoms with van der Waals surface area (Å²) >= 11 is 12.6. The van der Waals surface area contributed by atoms with Gasteiger partial charge >= 0.3 is 0 Å². The zero-order valence-electron chi connectivity index (χ0n) is 14.8. The molecule has 142 valence electrons. The number of hydrogen-bond acceptors (Lipinski definition) is 2. The molecule has 0 bridgehead atoms. The van der Waals surface area contributed by atoms with Crippen molar-refractivity contribution in [3.8, 4) is 0 Å². The predicted molar refractivity (Wildman–Crippen MR) is 112 cm³/mol. The minimum absolute atomic E-state index is 0.224. The fourth-order valence-corrected chi connectivity index (χ4v) is 6.35. The van der Waals surface area contributed by atoms with Crippen LogP contribution in [0.1, 0.15) is 19.3 Å². The molecule has 6 heteroatoms. The monoisotopic (exact) mass is 421 g/mol. The van der Waals surface area contributed by atoms with Gasteiger partial charge in [0.15, 0.2) is 0 Å². The van der Waals surface area contributed by atoms with E-state index >= 15 is 0 Å². The molecule has 0 aromatic heterocycles. The Balaban J connectivity index is 1.58. The lowest BCUT2D eigenvalue weighted by molar-refractivity contribution is 0.248. The van der Waals surface area contributed by atoms with Gasteiger partial charge in [-0.25, -0.2) is 8.42 Å². The van der Waals surface area contributed by atoms with Gasteiger partial charge in [0, 0.05) is 39.8 Å². The molecule has 0 radical (unpaired) electrons. The number of rotatable bonds is 3. The number of nitrogens with zero attached hydrogens (tertiary/aromatic N) is 1. The number of hydrogen-bond donors (Lipinski definition) is 0. The van der Waals surface area contributed by atoms with Gasteiger partial charge in [-0.1, -0.05) is 65.7 Å². The average molecular weight is 422 g/mol. The quantitative estimate of drug-likeness (QED) is 0.605. The smallest absolute Gasteiger partial charge is 0.207 e. The first kappa shape index (κ1) is 19.0. The molecule has 0 N–H and O–H groups in total. The molecule has 2 aromatic carbocycles. The van der Waals surface area contributed by atoms with E-state index in [0.29, 0.717) is 34.3 Å². The Morgan fingerprint density at radius 3 is 2.41 bits per heavy atom. The van der Waals surface area contributed by atoms with Gasteiger partial charge in [0.2, 0.25) is 10.0 Å². The van der Waals surface area contributed by atoms with Crippen molar-refractivity contribution in [1.82, 2.24) is 4.31 Å². The molecule has 2 aromatic rings. The Bertz CT molecular complexity index is 1020. The van der Waals surface area contributed by atoms with E-state index < -0.39 is 10.0 Å². The fourth-order valence-electron chi connectivity index (χ4n) is 4.10. The van der Waals surface area contributed by atoms with Crippen molar-refractivity contribution in [1.29, 1.82) is 0 Å². The van der Waals surface area contributed by atoms with Crippen LogP contribution in [-0.2, 0) is 10.0 Å². The molecule has 1 aliphatic heterocycles. The highest BCUT2D eigenvalue weighted by Gasteiger charge is 2.33. The molecule has 1 atom stereocenters. The number of benzene rings is 2. The highest BCUT2D eigenvalue weighted by atomic mass is 35.5. The molecule has 3 nitrogen and oxygen atoms in total. The van der Waals surface area contributed by atoms with E-state index in [-0.39, 0.29) is 5.92 Å². The molecule has 2 aliphatic rings. The molecule has 4 rings (SSSR count). The third-order valence-corrected chi connectivity index (χ3v) is 8.26. The number of sulfonamides is 1. The predicted octanol–water partition coefficient (Wildman–Crippen LogP) is 5.59. The van der Waals surface area contributed by atoms with Crippen LogP contribution in [0.4, 0.5) is 0 Å². The Hall–Kier alpha value is -1.33. The van der Waals surface area contributed by atoms with Crippen LogP contribution >= 0.6 is 23.2 Å². The van der Waals surface area contributed by atoms with Crippen molar-refractivity contribution in [2.24, 2.45) is 11.8 Å². The van der Waals surface area contributed by atoms with Crippen LogP contribution in [0.25, 0.3) is 10.8 Å². The number of allylic oxidation sites excluding steroid dienone is 4. The first-order chi connectivity index (χ1) is 13.0. The summed E-state index contributed by atoms with van der Waals surface area (Å²) in [5.74, 6) is 0.611. The zero-order chi connectivity index (χ0) is 19.0. The first-order valence-electron chi connectivity index (χ1n) is 9.18. The SMILES string of the molecule is O=S(=O)(c1cccc2c(Cl)cccc12)N1CCC(C2C=CCC=C2Cl)CC1. The lowest BCUT2D eigenvalue weighted by Crippen LogP contribution is -2.40. The topological polar surface area (TPSA) is 37.4 Å². The van der Waals surface area contributed by atoms with Gasteiger partial charge in [0.25, 0.3) is 0 Å². The van der Waals surface area contributed by atoms with Crippen molar-refractivity contribution >= 4 is 44.0 Å². The molecule has 1 unspecified atom stereocenters. The standard InChI is InChI=1S/C21H21Cl2NO2S/c22-19-8-2-1-5-16(19)15-11-13-24(14-12-15)27(25,26)21-10-4-6-17-18(21)7-3-9-20(17)23/h1,3-10,15-16H,2,11-14H2. The summed E-state index contributed by atoms with van der Waals surface area (Å²) in [6.07, 6.45) is 8.86. The van der Waals surface area contributed by atoms with Gasteiger partial charge in [0.1, 0.15) is 0 Å². The first-order valence-corrected chi connectivity index (χ1v) is 11.4. The highest BCUT2D eigenvalue weighted by molar-refractivity contribution is 7.89. The van der Waals surface area contributed by atoms with E-state index in [1.165, 1.54) is 0 Å². The summed E-state index contributed by atoms with van der Waals surface area (Å²) < 4.78 is 28.2. The van der Waals surface area contributed by atoms with Gasteiger partial charge in [-0.05, 0) is 37.3 Å². The van der Waals surface area contributed by atoms with Crippen molar-refractivity contribution in [3.05, 3.63) is 64.7 Å². The van der Waals surface area contributed by atoms with E-state index in [4.69, 9.17) is 23.2 Å². The minimum Gasteiger partial charge on any atom is -0.207 e. The van der Waals surface area contributed by atoms with E-state index in [2.05, 4.69) is 18.2 Å². The molecule has 1 heterocycles. The molecule has 27 heavy (non-hydrogen) atoms. The van der Waals surface area contributed by atoms with Crippen molar-refractivity contribution in [2.45, 2.75) is 24.2 Å². The highest BCUT2D eigenvalue weighted by Crippen LogP contribution is 2.37. The molecule has 1 fully saturated rings. The zero-order valence-corrected chi connectivity index (χ0v) is 17.1. The van der Waals surface area contributed by atoms with Gasteiger partial charge < -0.3 is 0 Å².